The normalized spacial score (nSPS) is 10.2. The van der Waals surface area contributed by atoms with E-state index in [9.17, 15) is 14.7 Å². The van der Waals surface area contributed by atoms with E-state index in [1.807, 2.05) is 0 Å². The van der Waals surface area contributed by atoms with Gasteiger partial charge in [0.15, 0.2) is 6.61 Å². The molecule has 0 bridgehead atoms. The van der Waals surface area contributed by atoms with Crippen molar-refractivity contribution in [1.82, 2.24) is 4.98 Å². The largest absolute Gasteiger partial charge is 0.507 e. The Hall–Kier alpha value is -2.56. The van der Waals surface area contributed by atoms with Gasteiger partial charge in [0.05, 0.1) is 5.69 Å². The number of hydrogen-bond acceptors (Lipinski definition) is 4. The molecule has 5 heteroatoms. The summed E-state index contributed by atoms with van der Waals surface area (Å²) in [7, 11) is 0. The summed E-state index contributed by atoms with van der Waals surface area (Å²) in [6.07, 6.45) is 1.61. The summed E-state index contributed by atoms with van der Waals surface area (Å²) < 4.78 is 4.87. The van der Waals surface area contributed by atoms with Crippen LogP contribution in [0, 0.1) is 6.92 Å². The summed E-state index contributed by atoms with van der Waals surface area (Å²) in [6, 6.07) is 7.89. The van der Waals surface area contributed by atoms with Gasteiger partial charge in [-0.2, -0.15) is 0 Å². The minimum absolute atomic E-state index is 0.0462. The van der Waals surface area contributed by atoms with E-state index in [4.69, 9.17) is 4.74 Å². The summed E-state index contributed by atoms with van der Waals surface area (Å²) in [5, 5.41) is 9.62. The highest BCUT2D eigenvalue weighted by molar-refractivity contribution is 5.98. The zero-order valence-electron chi connectivity index (χ0n) is 10.3. The van der Waals surface area contributed by atoms with Crippen molar-refractivity contribution < 1.29 is 19.4 Å². The fraction of sp³-hybridized carbons (Fsp3) is 0.143. The average molecular weight is 259 g/mol. The Labute approximate surface area is 109 Å². The van der Waals surface area contributed by atoms with Gasteiger partial charge in [-0.05, 0) is 36.8 Å². The highest BCUT2D eigenvalue weighted by atomic mass is 16.5. The number of phenols is 1. The lowest BCUT2D eigenvalue weighted by molar-refractivity contribution is 0.0470. The number of carbonyl (C=O) groups is 2. The van der Waals surface area contributed by atoms with Gasteiger partial charge in [-0.25, -0.2) is 4.79 Å². The topological polar surface area (TPSA) is 79.4 Å². The number of aromatic amines is 1. The van der Waals surface area contributed by atoms with E-state index in [2.05, 4.69) is 4.98 Å². The Balaban J connectivity index is 2.00. The first-order chi connectivity index (χ1) is 9.08. The van der Waals surface area contributed by atoms with E-state index in [1.165, 1.54) is 12.1 Å². The molecule has 19 heavy (non-hydrogen) atoms. The standard InChI is InChI=1S/C14H13NO4/c1-9-4-5-10(12(16)7-9)14(18)19-8-13(17)11-3-2-6-15-11/h2-7,15-16H,8H2,1H3. The first-order valence-corrected chi connectivity index (χ1v) is 5.71. The number of benzene rings is 1. The number of aryl methyl sites for hydroxylation is 1. The number of phenolic OH excluding ortho intramolecular Hbond substituents is 1. The summed E-state index contributed by atoms with van der Waals surface area (Å²) >= 11 is 0. The highest BCUT2D eigenvalue weighted by Gasteiger charge is 2.15. The molecule has 0 saturated heterocycles. The Kier molecular flexibility index (Phi) is 3.66. The van der Waals surface area contributed by atoms with Gasteiger partial charge in [-0.3, -0.25) is 4.79 Å². The third-order valence-electron chi connectivity index (χ3n) is 2.61. The van der Waals surface area contributed by atoms with Crippen LogP contribution in [0.3, 0.4) is 0 Å². The van der Waals surface area contributed by atoms with Gasteiger partial charge in [-0.15, -0.1) is 0 Å². The molecule has 0 amide bonds. The van der Waals surface area contributed by atoms with E-state index < -0.39 is 5.97 Å². The van der Waals surface area contributed by atoms with Gasteiger partial charge in [0.1, 0.15) is 11.3 Å². The average Bonchev–Trinajstić information content (AvgIpc) is 2.89. The molecule has 0 atom stereocenters. The molecule has 0 saturated carbocycles. The van der Waals surface area contributed by atoms with Crippen molar-refractivity contribution in [3.8, 4) is 5.75 Å². The summed E-state index contributed by atoms with van der Waals surface area (Å²) in [5.41, 5.74) is 1.25. The number of Topliss-reactive ketones (excluding diaryl/α,β-unsaturated/α-hetero) is 1. The predicted molar refractivity (Wildman–Crippen MR) is 68.2 cm³/mol. The molecule has 2 aromatic rings. The van der Waals surface area contributed by atoms with Crippen LogP contribution in [0.4, 0.5) is 0 Å². The molecule has 0 aliphatic rings. The molecule has 0 unspecified atom stereocenters. The number of ether oxygens (including phenoxy) is 1. The second-order valence-electron chi connectivity index (χ2n) is 4.10. The number of carbonyl (C=O) groups excluding carboxylic acids is 2. The Morgan fingerprint density at radius 1 is 1.32 bits per heavy atom. The summed E-state index contributed by atoms with van der Waals surface area (Å²) in [4.78, 5) is 26.0. The van der Waals surface area contributed by atoms with Crippen LogP contribution in [0.15, 0.2) is 36.5 Å². The number of nitrogens with one attached hydrogen (secondary N) is 1. The molecule has 1 aromatic carbocycles. The molecule has 2 rings (SSSR count). The molecule has 1 heterocycles. The summed E-state index contributed by atoms with van der Waals surface area (Å²) in [6.45, 7) is 1.43. The van der Waals surface area contributed by atoms with Crippen molar-refractivity contribution in [2.75, 3.05) is 6.61 Å². The third kappa shape index (κ3) is 3.01. The van der Waals surface area contributed by atoms with Gasteiger partial charge >= 0.3 is 5.97 Å². The number of esters is 1. The van der Waals surface area contributed by atoms with Gasteiger partial charge in [0, 0.05) is 6.20 Å². The molecule has 1 aromatic heterocycles. The molecule has 5 nitrogen and oxygen atoms in total. The third-order valence-corrected chi connectivity index (χ3v) is 2.61. The lowest BCUT2D eigenvalue weighted by atomic mass is 10.1. The lowest BCUT2D eigenvalue weighted by Gasteiger charge is -2.06. The second-order valence-corrected chi connectivity index (χ2v) is 4.10. The molecule has 0 aliphatic heterocycles. The van der Waals surface area contributed by atoms with Crippen LogP contribution in [0.25, 0.3) is 0 Å². The Bertz CT molecular complexity index is 602. The van der Waals surface area contributed by atoms with Crippen molar-refractivity contribution in [3.63, 3.8) is 0 Å². The molecule has 0 spiro atoms. The minimum Gasteiger partial charge on any atom is -0.507 e. The van der Waals surface area contributed by atoms with Crippen molar-refractivity contribution in [1.29, 1.82) is 0 Å². The quantitative estimate of drug-likeness (QED) is 0.650. The van der Waals surface area contributed by atoms with E-state index >= 15 is 0 Å². The van der Waals surface area contributed by atoms with Crippen LogP contribution in [0.1, 0.15) is 26.4 Å². The molecule has 0 fully saturated rings. The maximum atomic E-state index is 11.7. The van der Waals surface area contributed by atoms with Crippen LogP contribution in [-0.2, 0) is 4.74 Å². The van der Waals surface area contributed by atoms with Gasteiger partial charge in [0.2, 0.25) is 5.78 Å². The molecular weight excluding hydrogens is 246 g/mol. The van der Waals surface area contributed by atoms with Gasteiger partial charge < -0.3 is 14.8 Å². The lowest BCUT2D eigenvalue weighted by Crippen LogP contribution is -2.14. The minimum atomic E-state index is -0.725. The van der Waals surface area contributed by atoms with Crippen molar-refractivity contribution >= 4 is 11.8 Å². The number of H-pyrrole nitrogens is 1. The first-order valence-electron chi connectivity index (χ1n) is 5.71. The van der Waals surface area contributed by atoms with Crippen molar-refractivity contribution in [2.45, 2.75) is 6.92 Å². The van der Waals surface area contributed by atoms with Crippen molar-refractivity contribution in [3.05, 3.63) is 53.3 Å². The van der Waals surface area contributed by atoms with Crippen LogP contribution in [-0.4, -0.2) is 28.4 Å². The smallest absolute Gasteiger partial charge is 0.342 e. The van der Waals surface area contributed by atoms with Crippen LogP contribution in [0.2, 0.25) is 0 Å². The predicted octanol–water partition coefficient (Wildman–Crippen LogP) is 2.07. The number of aromatic hydroxyl groups is 1. The highest BCUT2D eigenvalue weighted by Crippen LogP contribution is 2.19. The van der Waals surface area contributed by atoms with E-state index in [-0.39, 0.29) is 23.7 Å². The molecule has 0 aliphatic carbocycles. The molecule has 0 radical (unpaired) electrons. The fourth-order valence-corrected chi connectivity index (χ4v) is 1.60. The van der Waals surface area contributed by atoms with E-state index in [0.717, 1.165) is 5.56 Å². The maximum absolute atomic E-state index is 11.7. The Morgan fingerprint density at radius 3 is 2.74 bits per heavy atom. The van der Waals surface area contributed by atoms with Crippen LogP contribution >= 0.6 is 0 Å². The van der Waals surface area contributed by atoms with E-state index in [1.54, 1.807) is 31.3 Å². The number of aromatic nitrogens is 1. The SMILES string of the molecule is Cc1ccc(C(=O)OCC(=O)c2ccc[nH]2)c(O)c1. The van der Waals surface area contributed by atoms with Crippen molar-refractivity contribution in [2.24, 2.45) is 0 Å². The zero-order chi connectivity index (χ0) is 13.8. The van der Waals surface area contributed by atoms with Gasteiger partial charge in [0.25, 0.3) is 0 Å². The summed E-state index contributed by atoms with van der Waals surface area (Å²) in [5.74, 6) is -1.21. The van der Waals surface area contributed by atoms with Crippen LogP contribution in [0.5, 0.6) is 5.75 Å². The van der Waals surface area contributed by atoms with Gasteiger partial charge in [-0.1, -0.05) is 6.07 Å². The Morgan fingerprint density at radius 2 is 2.11 bits per heavy atom. The molecule has 98 valence electrons. The monoisotopic (exact) mass is 259 g/mol. The molecule has 2 N–H and O–H groups in total. The van der Waals surface area contributed by atoms with Crippen LogP contribution < -0.4 is 0 Å². The maximum Gasteiger partial charge on any atom is 0.342 e. The van der Waals surface area contributed by atoms with E-state index in [0.29, 0.717) is 5.69 Å². The second kappa shape index (κ2) is 5.39. The number of ketones is 1. The number of rotatable bonds is 4. The zero-order valence-corrected chi connectivity index (χ0v) is 10.3. The fourth-order valence-electron chi connectivity index (χ4n) is 1.60. The molecular formula is C14H13NO4. The number of hydrogen-bond donors (Lipinski definition) is 2. The first kappa shape index (κ1) is 12.9.